The van der Waals surface area contributed by atoms with Crippen LogP contribution in [0.5, 0.6) is 0 Å². The molecule has 0 spiro atoms. The van der Waals surface area contributed by atoms with Gasteiger partial charge in [0, 0.05) is 12.6 Å². The summed E-state index contributed by atoms with van der Waals surface area (Å²) in [6.07, 6.45) is 5.61. The zero-order valence-corrected chi connectivity index (χ0v) is 13.8. The molecule has 1 aromatic heterocycles. The second-order valence-corrected chi connectivity index (χ2v) is 6.63. The average molecular weight is 308 g/mol. The Kier molecular flexibility index (Phi) is 5.97. The van der Waals surface area contributed by atoms with E-state index >= 15 is 0 Å². The highest BCUT2D eigenvalue weighted by atomic mass is 16.3. The molecule has 0 saturated carbocycles. The number of carbonyl (C=O) groups excluding carboxylic acids is 1. The molecule has 1 aliphatic rings. The van der Waals surface area contributed by atoms with E-state index in [9.17, 15) is 4.79 Å². The average Bonchev–Trinajstić information content (AvgIpc) is 3.07. The van der Waals surface area contributed by atoms with Gasteiger partial charge in [-0.1, -0.05) is 13.8 Å². The third kappa shape index (κ3) is 4.55. The number of likely N-dealkylation sites (tertiary alicyclic amines) is 1. The molecule has 0 bridgehead atoms. The Labute approximate surface area is 132 Å². The second kappa shape index (κ2) is 7.74. The van der Waals surface area contributed by atoms with Crippen molar-refractivity contribution < 1.29 is 9.21 Å². The molecule has 2 heterocycles. The fraction of sp³-hybridized carbons (Fsp3) is 0.750. The van der Waals surface area contributed by atoms with E-state index in [-0.39, 0.29) is 11.9 Å². The zero-order valence-electron chi connectivity index (χ0n) is 13.8. The van der Waals surface area contributed by atoms with Gasteiger partial charge in [0.15, 0.2) is 5.69 Å². The molecule has 22 heavy (non-hydrogen) atoms. The summed E-state index contributed by atoms with van der Waals surface area (Å²) >= 11 is 0. The third-order valence-electron chi connectivity index (χ3n) is 4.23. The number of amides is 1. The van der Waals surface area contributed by atoms with Crippen molar-refractivity contribution in [1.29, 1.82) is 0 Å². The summed E-state index contributed by atoms with van der Waals surface area (Å²) in [6.45, 7) is 6.00. The Hall–Kier alpha value is -1.40. The molecule has 1 saturated heterocycles. The molecule has 124 valence electrons. The van der Waals surface area contributed by atoms with E-state index < -0.39 is 0 Å². The summed E-state index contributed by atoms with van der Waals surface area (Å²) < 4.78 is 5.34. The first-order chi connectivity index (χ1) is 10.5. The minimum Gasteiger partial charge on any atom is -0.446 e. The van der Waals surface area contributed by atoms with Crippen LogP contribution in [0.4, 0.5) is 0 Å². The Morgan fingerprint density at radius 1 is 1.59 bits per heavy atom. The van der Waals surface area contributed by atoms with Crippen LogP contribution in [-0.4, -0.2) is 42.0 Å². The van der Waals surface area contributed by atoms with Gasteiger partial charge in [0.25, 0.3) is 5.91 Å². The van der Waals surface area contributed by atoms with Crippen LogP contribution in [-0.2, 0) is 0 Å². The van der Waals surface area contributed by atoms with Gasteiger partial charge in [0.05, 0.1) is 6.04 Å². The van der Waals surface area contributed by atoms with Crippen molar-refractivity contribution in [1.82, 2.24) is 15.2 Å². The number of oxazole rings is 1. The Balaban J connectivity index is 1.79. The maximum Gasteiger partial charge on any atom is 0.273 e. The molecule has 0 aromatic carbocycles. The van der Waals surface area contributed by atoms with E-state index in [1.807, 2.05) is 0 Å². The summed E-state index contributed by atoms with van der Waals surface area (Å²) in [7, 11) is 2.14. The van der Waals surface area contributed by atoms with Crippen molar-refractivity contribution in [3.05, 3.63) is 17.8 Å². The SMILES string of the molecule is CC(C)CC(N)c1nc(C(=O)NCCC2CCCN2C)co1. The Morgan fingerprint density at radius 2 is 2.36 bits per heavy atom. The Bertz CT molecular complexity index is 486. The van der Waals surface area contributed by atoms with Gasteiger partial charge < -0.3 is 20.4 Å². The van der Waals surface area contributed by atoms with Crippen LogP contribution in [0.1, 0.15) is 62.0 Å². The van der Waals surface area contributed by atoms with E-state index in [0.29, 0.717) is 30.1 Å². The molecule has 3 N–H and O–H groups in total. The van der Waals surface area contributed by atoms with Crippen molar-refractivity contribution in [2.24, 2.45) is 11.7 Å². The monoisotopic (exact) mass is 308 g/mol. The maximum absolute atomic E-state index is 12.1. The molecule has 1 amide bonds. The lowest BCUT2D eigenvalue weighted by Gasteiger charge is -2.19. The molecule has 0 aliphatic carbocycles. The third-order valence-corrected chi connectivity index (χ3v) is 4.23. The maximum atomic E-state index is 12.1. The van der Waals surface area contributed by atoms with Crippen LogP contribution >= 0.6 is 0 Å². The predicted octanol–water partition coefficient (Wildman–Crippen LogP) is 1.93. The quantitative estimate of drug-likeness (QED) is 0.804. The number of hydrogen-bond acceptors (Lipinski definition) is 5. The standard InChI is InChI=1S/C16H28N4O2/c1-11(2)9-13(17)16-19-14(10-22-16)15(21)18-7-6-12-5-4-8-20(12)3/h10-13H,4-9,17H2,1-3H3,(H,18,21). The highest BCUT2D eigenvalue weighted by Crippen LogP contribution is 2.19. The van der Waals surface area contributed by atoms with E-state index in [1.54, 1.807) is 0 Å². The molecule has 1 aliphatic heterocycles. The summed E-state index contributed by atoms with van der Waals surface area (Å²) in [4.78, 5) is 18.6. The van der Waals surface area contributed by atoms with Crippen LogP contribution in [0.15, 0.2) is 10.7 Å². The Morgan fingerprint density at radius 3 is 3.00 bits per heavy atom. The van der Waals surface area contributed by atoms with E-state index in [1.165, 1.54) is 19.1 Å². The minimum atomic E-state index is -0.256. The van der Waals surface area contributed by atoms with Gasteiger partial charge in [-0.2, -0.15) is 0 Å². The van der Waals surface area contributed by atoms with Gasteiger partial charge >= 0.3 is 0 Å². The van der Waals surface area contributed by atoms with Gasteiger partial charge in [-0.3, -0.25) is 4.79 Å². The van der Waals surface area contributed by atoms with Gasteiger partial charge in [-0.15, -0.1) is 0 Å². The fourth-order valence-electron chi connectivity index (χ4n) is 2.96. The van der Waals surface area contributed by atoms with E-state index in [2.05, 4.69) is 36.1 Å². The first kappa shape index (κ1) is 17.0. The van der Waals surface area contributed by atoms with Crippen LogP contribution < -0.4 is 11.1 Å². The number of aromatic nitrogens is 1. The molecule has 2 rings (SSSR count). The number of hydrogen-bond donors (Lipinski definition) is 2. The largest absolute Gasteiger partial charge is 0.446 e. The van der Waals surface area contributed by atoms with Gasteiger partial charge in [-0.05, 0) is 45.2 Å². The summed E-state index contributed by atoms with van der Waals surface area (Å²) in [5.41, 5.74) is 6.33. The van der Waals surface area contributed by atoms with Crippen LogP contribution in [0.3, 0.4) is 0 Å². The summed E-state index contributed by atoms with van der Waals surface area (Å²) in [6, 6.07) is 0.321. The number of carbonyl (C=O) groups is 1. The molecule has 6 heteroatoms. The molecule has 0 radical (unpaired) electrons. The van der Waals surface area contributed by atoms with Crippen LogP contribution in [0.25, 0.3) is 0 Å². The summed E-state index contributed by atoms with van der Waals surface area (Å²) in [5, 5.41) is 2.91. The first-order valence-corrected chi connectivity index (χ1v) is 8.16. The van der Waals surface area contributed by atoms with Crippen molar-refractivity contribution in [3.63, 3.8) is 0 Å². The lowest BCUT2D eigenvalue weighted by molar-refractivity contribution is 0.0945. The smallest absolute Gasteiger partial charge is 0.273 e. The van der Waals surface area contributed by atoms with Crippen molar-refractivity contribution in [2.75, 3.05) is 20.1 Å². The second-order valence-electron chi connectivity index (χ2n) is 6.63. The molecular formula is C16H28N4O2. The van der Waals surface area contributed by atoms with Gasteiger partial charge in [0.1, 0.15) is 6.26 Å². The van der Waals surface area contributed by atoms with Gasteiger partial charge in [-0.25, -0.2) is 4.98 Å². The molecule has 1 fully saturated rings. The fourth-order valence-corrected chi connectivity index (χ4v) is 2.96. The molecule has 6 nitrogen and oxygen atoms in total. The van der Waals surface area contributed by atoms with Crippen molar-refractivity contribution >= 4 is 5.91 Å². The lowest BCUT2D eigenvalue weighted by Crippen LogP contribution is -2.32. The predicted molar refractivity (Wildman–Crippen MR) is 85.5 cm³/mol. The van der Waals surface area contributed by atoms with Crippen molar-refractivity contribution in [3.8, 4) is 0 Å². The molecular weight excluding hydrogens is 280 g/mol. The van der Waals surface area contributed by atoms with Crippen molar-refractivity contribution in [2.45, 2.75) is 51.6 Å². The lowest BCUT2D eigenvalue weighted by atomic mass is 10.0. The molecule has 2 unspecified atom stereocenters. The normalized spacial score (nSPS) is 20.5. The number of nitrogens with zero attached hydrogens (tertiary/aromatic N) is 2. The zero-order chi connectivity index (χ0) is 16.1. The van der Waals surface area contributed by atoms with E-state index in [0.717, 1.165) is 19.4 Å². The number of rotatable bonds is 7. The van der Waals surface area contributed by atoms with Crippen LogP contribution in [0, 0.1) is 5.92 Å². The van der Waals surface area contributed by atoms with Crippen LogP contribution in [0.2, 0.25) is 0 Å². The molecule has 2 atom stereocenters. The highest BCUT2D eigenvalue weighted by Gasteiger charge is 2.21. The number of nitrogens with two attached hydrogens (primary N) is 1. The summed E-state index contributed by atoms with van der Waals surface area (Å²) in [5.74, 6) is 0.712. The molecule has 1 aromatic rings. The minimum absolute atomic E-state index is 0.188. The van der Waals surface area contributed by atoms with E-state index in [4.69, 9.17) is 10.2 Å². The highest BCUT2D eigenvalue weighted by molar-refractivity contribution is 5.91. The number of nitrogens with one attached hydrogen (secondary N) is 1. The topological polar surface area (TPSA) is 84.4 Å². The van der Waals surface area contributed by atoms with Gasteiger partial charge in [0.2, 0.25) is 5.89 Å². The first-order valence-electron chi connectivity index (χ1n) is 8.16.